The van der Waals surface area contributed by atoms with Crippen molar-refractivity contribution in [2.24, 2.45) is 21.8 Å². The molecule has 2 aliphatic carbocycles. The summed E-state index contributed by atoms with van der Waals surface area (Å²) in [5.41, 5.74) is 1.17. The summed E-state index contributed by atoms with van der Waals surface area (Å²) >= 11 is 0. The Kier molecular flexibility index (Phi) is 9.45. The Morgan fingerprint density at radius 2 is 1.95 bits per heavy atom. The molecule has 0 saturated carbocycles. The topological polar surface area (TPSA) is 49.7 Å². The van der Waals surface area contributed by atoms with Crippen LogP contribution in [0.4, 0.5) is 8.78 Å². The Morgan fingerprint density at radius 3 is 2.69 bits per heavy atom. The average Bonchev–Trinajstić information content (AvgIpc) is 3.38. The molecule has 0 N–H and O–H groups in total. The summed E-state index contributed by atoms with van der Waals surface area (Å²) < 4.78 is 42.2. The van der Waals surface area contributed by atoms with Gasteiger partial charge in [-0.05, 0) is 70.1 Å². The normalized spacial score (nSPS) is 24.9. The van der Waals surface area contributed by atoms with E-state index in [1.165, 1.54) is 12.1 Å². The van der Waals surface area contributed by atoms with Gasteiger partial charge in [-0.3, -0.25) is 4.99 Å². The number of allylic oxidation sites excluding steroid dienone is 4. The standard InChI is InChI=1S/C31H40F2N4O2/c1-2-34-31(36-17-19-38-20-18-36)35-30-24(15-16-37(30)25-11-7-4-8-12-25)21-26-27(32)13-14-28(29(26)33)39-22-23-9-5-3-6-10-23/h5,7,9,11-14,23-24H,2-4,6,8,10,15-22H2,1H3. The van der Waals surface area contributed by atoms with Crippen LogP contribution < -0.4 is 4.74 Å². The quantitative estimate of drug-likeness (QED) is 0.246. The van der Waals surface area contributed by atoms with Crippen molar-refractivity contribution in [3.05, 3.63) is 65.4 Å². The van der Waals surface area contributed by atoms with Crippen molar-refractivity contribution in [2.75, 3.05) is 46.0 Å². The number of amidine groups is 1. The van der Waals surface area contributed by atoms with Gasteiger partial charge in [0.05, 0.1) is 19.8 Å². The molecular formula is C31H40F2N4O2. The molecule has 2 heterocycles. The first-order valence-electron chi connectivity index (χ1n) is 14.5. The summed E-state index contributed by atoms with van der Waals surface area (Å²) in [4.78, 5) is 14.2. The number of ether oxygens (including phenoxy) is 2. The first-order chi connectivity index (χ1) is 19.1. The van der Waals surface area contributed by atoms with E-state index in [0.717, 1.165) is 69.7 Å². The molecule has 5 rings (SSSR count). The van der Waals surface area contributed by atoms with E-state index in [2.05, 4.69) is 40.2 Å². The van der Waals surface area contributed by atoms with E-state index < -0.39 is 11.6 Å². The maximum absolute atomic E-state index is 15.7. The van der Waals surface area contributed by atoms with Crippen LogP contribution in [0.15, 0.2) is 58.2 Å². The van der Waals surface area contributed by atoms with Crippen molar-refractivity contribution in [1.82, 2.24) is 9.80 Å². The van der Waals surface area contributed by atoms with E-state index >= 15 is 8.78 Å². The smallest absolute Gasteiger partial charge is 0.222 e. The first-order valence-corrected chi connectivity index (χ1v) is 14.5. The third-order valence-corrected chi connectivity index (χ3v) is 7.85. The predicted octanol–water partition coefficient (Wildman–Crippen LogP) is 5.90. The summed E-state index contributed by atoms with van der Waals surface area (Å²) in [6.07, 6.45) is 17.0. The molecule has 0 radical (unpaired) electrons. The molecule has 1 aromatic rings. The number of rotatable bonds is 7. The zero-order chi connectivity index (χ0) is 27.0. The molecule has 2 saturated heterocycles. The summed E-state index contributed by atoms with van der Waals surface area (Å²) in [6.45, 7) is 6.47. The van der Waals surface area contributed by atoms with Crippen molar-refractivity contribution >= 4 is 11.8 Å². The Balaban J connectivity index is 1.42. The first kappa shape index (κ1) is 27.6. The molecule has 4 aliphatic rings. The van der Waals surface area contributed by atoms with Gasteiger partial charge in [-0.15, -0.1) is 0 Å². The maximum Gasteiger partial charge on any atom is 0.222 e. The van der Waals surface area contributed by atoms with Crippen LogP contribution in [-0.4, -0.2) is 67.6 Å². The van der Waals surface area contributed by atoms with Crippen LogP contribution in [0.5, 0.6) is 5.75 Å². The zero-order valence-corrected chi connectivity index (χ0v) is 23.0. The third kappa shape index (κ3) is 6.78. The highest BCUT2D eigenvalue weighted by molar-refractivity contribution is 5.99. The Hall–Kier alpha value is -3.00. The fourth-order valence-corrected chi connectivity index (χ4v) is 5.71. The largest absolute Gasteiger partial charge is 0.490 e. The minimum Gasteiger partial charge on any atom is -0.490 e. The van der Waals surface area contributed by atoms with E-state index in [0.29, 0.717) is 32.3 Å². The lowest BCUT2D eigenvalue weighted by molar-refractivity contribution is 0.0674. The Morgan fingerprint density at radius 1 is 1.08 bits per heavy atom. The van der Waals surface area contributed by atoms with Crippen molar-refractivity contribution in [1.29, 1.82) is 0 Å². The Bertz CT molecular complexity index is 1150. The van der Waals surface area contributed by atoms with Gasteiger partial charge >= 0.3 is 0 Å². The maximum atomic E-state index is 15.7. The molecule has 39 heavy (non-hydrogen) atoms. The minimum atomic E-state index is -0.597. The molecule has 2 aliphatic heterocycles. The van der Waals surface area contributed by atoms with Crippen LogP contribution in [0.25, 0.3) is 0 Å². The highest BCUT2D eigenvalue weighted by Crippen LogP contribution is 2.33. The van der Waals surface area contributed by atoms with Gasteiger partial charge in [0.25, 0.3) is 0 Å². The number of halogens is 2. The van der Waals surface area contributed by atoms with Crippen molar-refractivity contribution in [3.8, 4) is 5.75 Å². The lowest BCUT2D eigenvalue weighted by Crippen LogP contribution is -2.41. The molecule has 0 spiro atoms. The average molecular weight is 539 g/mol. The van der Waals surface area contributed by atoms with E-state index in [9.17, 15) is 0 Å². The molecule has 1 aromatic carbocycles. The second-order valence-corrected chi connectivity index (χ2v) is 10.6. The molecule has 0 aromatic heterocycles. The molecular weight excluding hydrogens is 498 g/mol. The number of hydrogen-bond acceptors (Lipinski definition) is 3. The monoisotopic (exact) mass is 538 g/mol. The molecule has 8 heteroatoms. The number of likely N-dealkylation sites (tertiary alicyclic amines) is 1. The number of nitrogens with zero attached hydrogens (tertiary/aromatic N) is 4. The predicted molar refractivity (Wildman–Crippen MR) is 151 cm³/mol. The number of guanidine groups is 1. The highest BCUT2D eigenvalue weighted by atomic mass is 19.1. The fraction of sp³-hybridized carbons (Fsp3) is 0.548. The number of morpholine rings is 1. The molecule has 2 atom stereocenters. The van der Waals surface area contributed by atoms with E-state index in [1.807, 2.05) is 6.92 Å². The van der Waals surface area contributed by atoms with Gasteiger partial charge in [-0.25, -0.2) is 8.78 Å². The molecule has 0 bridgehead atoms. The van der Waals surface area contributed by atoms with Crippen LogP contribution in [0.1, 0.15) is 51.0 Å². The summed E-state index contributed by atoms with van der Waals surface area (Å²) in [5, 5.41) is 0. The number of benzene rings is 1. The number of aliphatic imine (C=N–C) groups is 2. The van der Waals surface area contributed by atoms with Crippen LogP contribution >= 0.6 is 0 Å². The van der Waals surface area contributed by atoms with E-state index in [1.54, 1.807) is 0 Å². The van der Waals surface area contributed by atoms with Crippen molar-refractivity contribution in [3.63, 3.8) is 0 Å². The van der Waals surface area contributed by atoms with Gasteiger partial charge < -0.3 is 19.3 Å². The SMILES string of the molecule is CCN=C(N=C1C(Cc2c(F)ccc(OCC3C=CCCC3)c2F)CCN1C1=CCCC=C1)N1CCOCC1. The molecule has 2 unspecified atom stereocenters. The van der Waals surface area contributed by atoms with Crippen LogP contribution in [-0.2, 0) is 11.2 Å². The van der Waals surface area contributed by atoms with Gasteiger partial charge in [-0.2, -0.15) is 4.99 Å². The lowest BCUT2D eigenvalue weighted by atomic mass is 9.96. The van der Waals surface area contributed by atoms with E-state index in [4.69, 9.17) is 19.5 Å². The van der Waals surface area contributed by atoms with Crippen LogP contribution in [0, 0.1) is 23.5 Å². The van der Waals surface area contributed by atoms with E-state index in [-0.39, 0.29) is 29.6 Å². The minimum absolute atomic E-state index is 0.0692. The molecule has 6 nitrogen and oxygen atoms in total. The molecule has 2 fully saturated rings. The second kappa shape index (κ2) is 13.4. The summed E-state index contributed by atoms with van der Waals surface area (Å²) in [7, 11) is 0. The lowest BCUT2D eigenvalue weighted by Gasteiger charge is -2.30. The van der Waals surface area contributed by atoms with Crippen molar-refractivity contribution < 1.29 is 18.3 Å². The third-order valence-electron chi connectivity index (χ3n) is 7.85. The van der Waals surface area contributed by atoms with Gasteiger partial charge in [0.1, 0.15) is 11.7 Å². The molecule has 210 valence electrons. The van der Waals surface area contributed by atoms with Gasteiger partial charge in [0.2, 0.25) is 5.96 Å². The Labute approximate surface area is 230 Å². The highest BCUT2D eigenvalue weighted by Gasteiger charge is 2.34. The van der Waals surface area contributed by atoms with Gasteiger partial charge in [0, 0.05) is 49.3 Å². The fourth-order valence-electron chi connectivity index (χ4n) is 5.71. The van der Waals surface area contributed by atoms with Crippen LogP contribution in [0.2, 0.25) is 0 Å². The van der Waals surface area contributed by atoms with Crippen molar-refractivity contribution in [2.45, 2.75) is 51.9 Å². The second-order valence-electron chi connectivity index (χ2n) is 10.6. The molecule has 0 amide bonds. The number of hydrogen-bond donors (Lipinski definition) is 0. The zero-order valence-electron chi connectivity index (χ0n) is 23.0. The summed E-state index contributed by atoms with van der Waals surface area (Å²) in [5.74, 6) is 0.600. The summed E-state index contributed by atoms with van der Waals surface area (Å²) in [6, 6.07) is 2.75. The van der Waals surface area contributed by atoms with Crippen LogP contribution in [0.3, 0.4) is 0 Å². The van der Waals surface area contributed by atoms with Gasteiger partial charge in [0.15, 0.2) is 11.6 Å². The van der Waals surface area contributed by atoms with Gasteiger partial charge in [-0.1, -0.05) is 24.3 Å².